The van der Waals surface area contributed by atoms with Crippen LogP contribution in [0.1, 0.15) is 29.2 Å². The monoisotopic (exact) mass is 673 g/mol. The summed E-state index contributed by atoms with van der Waals surface area (Å²) in [7, 11) is 0. The quantitative estimate of drug-likeness (QED) is 0.159. The molecular weight excluding hydrogens is 641 g/mol. The van der Waals surface area contributed by atoms with Crippen molar-refractivity contribution >= 4 is 69.0 Å². The molecule has 1 aliphatic rings. The van der Waals surface area contributed by atoms with E-state index < -0.39 is 6.09 Å². The van der Waals surface area contributed by atoms with Crippen LogP contribution < -0.4 is 0 Å². The third kappa shape index (κ3) is 6.55. The number of carbonyl (C=O) groups is 2. The molecule has 0 saturated carbocycles. The Balaban J connectivity index is 1.29. The molecule has 6 nitrogen and oxygen atoms in total. The number of rotatable bonds is 7. The zero-order valence-electron chi connectivity index (χ0n) is 26.4. The topological polar surface area (TPSA) is 56.5 Å². The number of aromatic nitrogens is 2. The predicted octanol–water partition coefficient (Wildman–Crippen LogP) is 9.51. The number of hydrogen-bond acceptors (Lipinski definition) is 3. The van der Waals surface area contributed by atoms with Crippen molar-refractivity contribution in [3.8, 4) is 0 Å². The number of piperidine rings is 1. The highest BCUT2D eigenvalue weighted by molar-refractivity contribution is 6.31. The molecule has 4 aromatic carbocycles. The maximum Gasteiger partial charge on any atom is 0.410 e. The minimum atomic E-state index is -0.450. The minimum Gasteiger partial charge on any atom is -0.450 e. The zero-order chi connectivity index (χ0) is 33.2. The average molecular weight is 675 g/mol. The number of halogens is 2. The number of nitrogens with zero attached hydrogens (tertiary/aromatic N) is 3. The predicted molar refractivity (Wildman–Crippen MR) is 195 cm³/mol. The molecule has 0 bridgehead atoms. The highest BCUT2D eigenvalue weighted by atomic mass is 35.5. The standard InChI is InChI=1S/C40H33Cl2N3O3/c1-2-48-40(47)45-25-31(19-29-23-43(37-15-5-3-13-35(29)37)21-27-9-7-11-33(41)17-27)39(46)32(26-45)20-30-24-44(38-16-6-4-14-36(30)38)22-28-10-8-12-34(42)18-28/h3-20,23-24H,2,21-22,25-26H2,1H3/b31-19+,32-20+. The fourth-order valence-electron chi connectivity index (χ4n) is 6.46. The van der Waals surface area contributed by atoms with E-state index in [2.05, 4.69) is 45.8 Å². The van der Waals surface area contributed by atoms with Gasteiger partial charge in [0, 0.05) is 79.6 Å². The number of amides is 1. The number of carbonyl (C=O) groups excluding carboxylic acids is 2. The molecule has 48 heavy (non-hydrogen) atoms. The first-order chi connectivity index (χ1) is 23.4. The molecule has 0 unspecified atom stereocenters. The van der Waals surface area contributed by atoms with Crippen molar-refractivity contribution in [1.82, 2.24) is 14.0 Å². The molecule has 1 amide bonds. The number of ether oxygens (including phenoxy) is 1. The molecule has 8 heteroatoms. The van der Waals surface area contributed by atoms with Crippen LogP contribution in [-0.2, 0) is 22.6 Å². The number of likely N-dealkylation sites (tertiary alicyclic amines) is 1. The first-order valence-electron chi connectivity index (χ1n) is 15.9. The first-order valence-corrected chi connectivity index (χ1v) is 16.6. The van der Waals surface area contributed by atoms with E-state index in [0.717, 1.165) is 44.1 Å². The number of benzene rings is 4. The zero-order valence-corrected chi connectivity index (χ0v) is 27.9. The van der Waals surface area contributed by atoms with E-state index in [4.69, 9.17) is 27.9 Å². The van der Waals surface area contributed by atoms with Crippen molar-refractivity contribution < 1.29 is 14.3 Å². The summed E-state index contributed by atoms with van der Waals surface area (Å²) in [6.45, 7) is 3.58. The Labute approximate surface area is 289 Å². The number of hydrogen-bond donors (Lipinski definition) is 0. The second-order valence-corrected chi connectivity index (χ2v) is 12.8. The normalized spacial score (nSPS) is 15.2. The fourth-order valence-corrected chi connectivity index (χ4v) is 6.89. The molecule has 0 N–H and O–H groups in total. The van der Waals surface area contributed by atoms with E-state index >= 15 is 0 Å². The van der Waals surface area contributed by atoms with Crippen LogP contribution in [0, 0.1) is 0 Å². The molecule has 1 fully saturated rings. The van der Waals surface area contributed by atoms with Crippen LogP contribution in [-0.4, -0.2) is 45.6 Å². The Bertz CT molecular complexity index is 2100. The smallest absolute Gasteiger partial charge is 0.410 e. The molecule has 6 aromatic rings. The Morgan fingerprint density at radius 3 is 1.65 bits per heavy atom. The number of fused-ring (bicyclic) bond motifs is 2. The van der Waals surface area contributed by atoms with Gasteiger partial charge in [0.15, 0.2) is 5.78 Å². The van der Waals surface area contributed by atoms with Crippen molar-refractivity contribution in [3.05, 3.63) is 153 Å². The number of para-hydroxylation sites is 2. The lowest BCUT2D eigenvalue weighted by Crippen LogP contribution is -2.41. The first kappa shape index (κ1) is 31.6. The number of Topliss-reactive ketones (excluding diaryl/α,β-unsaturated/α-hetero) is 1. The van der Waals surface area contributed by atoms with E-state index in [0.29, 0.717) is 34.3 Å². The molecule has 1 saturated heterocycles. The number of ketones is 1. The minimum absolute atomic E-state index is 0.0890. The van der Waals surface area contributed by atoms with E-state index in [-0.39, 0.29) is 25.5 Å². The van der Waals surface area contributed by atoms with Gasteiger partial charge < -0.3 is 13.9 Å². The Kier molecular flexibility index (Phi) is 8.94. The second kappa shape index (κ2) is 13.6. The van der Waals surface area contributed by atoms with E-state index in [1.807, 2.05) is 84.9 Å². The van der Waals surface area contributed by atoms with Crippen LogP contribution in [0.4, 0.5) is 4.79 Å². The molecule has 0 spiro atoms. The van der Waals surface area contributed by atoms with Crippen molar-refractivity contribution in [1.29, 1.82) is 0 Å². The van der Waals surface area contributed by atoms with Crippen molar-refractivity contribution in [3.63, 3.8) is 0 Å². The van der Waals surface area contributed by atoms with Gasteiger partial charge in [-0.1, -0.05) is 83.9 Å². The SMILES string of the molecule is CCOC(=O)N1C/C(=C\c2cn(Cc3cccc(Cl)c3)c3ccccc23)C(=O)/C(=C/c2cn(Cc3cccc(Cl)c3)c3ccccc23)C1. The van der Waals surface area contributed by atoms with Gasteiger partial charge in [-0.05, 0) is 66.6 Å². The largest absolute Gasteiger partial charge is 0.450 e. The molecule has 0 atom stereocenters. The van der Waals surface area contributed by atoms with Gasteiger partial charge in [0.2, 0.25) is 0 Å². The van der Waals surface area contributed by atoms with Crippen LogP contribution in [0.2, 0.25) is 10.0 Å². The summed E-state index contributed by atoms with van der Waals surface area (Å²) in [5.74, 6) is -0.0890. The molecular formula is C40H33Cl2N3O3. The summed E-state index contributed by atoms with van der Waals surface area (Å²) in [5.41, 5.74) is 7.08. The van der Waals surface area contributed by atoms with E-state index in [1.165, 1.54) is 0 Å². The molecule has 0 radical (unpaired) electrons. The van der Waals surface area contributed by atoms with Gasteiger partial charge in [-0.2, -0.15) is 0 Å². The van der Waals surface area contributed by atoms with Gasteiger partial charge in [0.05, 0.1) is 19.7 Å². The lowest BCUT2D eigenvalue weighted by atomic mass is 9.94. The van der Waals surface area contributed by atoms with Gasteiger partial charge >= 0.3 is 6.09 Å². The highest BCUT2D eigenvalue weighted by Crippen LogP contribution is 2.30. The third-order valence-corrected chi connectivity index (χ3v) is 9.08. The van der Waals surface area contributed by atoms with Crippen molar-refractivity contribution in [2.75, 3.05) is 19.7 Å². The summed E-state index contributed by atoms with van der Waals surface area (Å²) in [5, 5.41) is 3.40. The molecule has 2 aromatic heterocycles. The average Bonchev–Trinajstić information content (AvgIpc) is 3.60. The molecule has 3 heterocycles. The van der Waals surface area contributed by atoms with Gasteiger partial charge in [0.25, 0.3) is 0 Å². The summed E-state index contributed by atoms with van der Waals surface area (Å²) < 4.78 is 9.73. The molecule has 1 aliphatic heterocycles. The summed E-state index contributed by atoms with van der Waals surface area (Å²) in [6.07, 6.45) is 7.50. The van der Waals surface area contributed by atoms with Crippen LogP contribution >= 0.6 is 23.2 Å². The highest BCUT2D eigenvalue weighted by Gasteiger charge is 2.30. The fraction of sp³-hybridized carbons (Fsp3) is 0.150. The molecule has 240 valence electrons. The summed E-state index contributed by atoms with van der Waals surface area (Å²) in [6, 6.07) is 31.9. The molecule has 7 rings (SSSR count). The van der Waals surface area contributed by atoms with Gasteiger partial charge in [-0.3, -0.25) is 9.69 Å². The van der Waals surface area contributed by atoms with E-state index in [1.54, 1.807) is 11.8 Å². The maximum absolute atomic E-state index is 14.2. The summed E-state index contributed by atoms with van der Waals surface area (Å²) >= 11 is 12.6. The Morgan fingerprint density at radius 1 is 0.708 bits per heavy atom. The van der Waals surface area contributed by atoms with Crippen molar-refractivity contribution in [2.45, 2.75) is 20.0 Å². The lowest BCUT2D eigenvalue weighted by molar-refractivity contribution is -0.113. The second-order valence-electron chi connectivity index (χ2n) is 11.9. The van der Waals surface area contributed by atoms with Gasteiger partial charge in [-0.15, -0.1) is 0 Å². The lowest BCUT2D eigenvalue weighted by Gasteiger charge is -2.29. The van der Waals surface area contributed by atoms with Crippen molar-refractivity contribution in [2.24, 2.45) is 0 Å². The summed E-state index contributed by atoms with van der Waals surface area (Å²) in [4.78, 5) is 28.9. The molecule has 0 aliphatic carbocycles. The van der Waals surface area contributed by atoms with Crippen LogP contribution in [0.5, 0.6) is 0 Å². The Hall–Kier alpha value is -5.04. The van der Waals surface area contributed by atoms with Crippen LogP contribution in [0.3, 0.4) is 0 Å². The van der Waals surface area contributed by atoms with Gasteiger partial charge in [-0.25, -0.2) is 4.79 Å². The van der Waals surface area contributed by atoms with Crippen LogP contribution in [0.15, 0.2) is 121 Å². The third-order valence-electron chi connectivity index (χ3n) is 8.61. The Morgan fingerprint density at radius 2 is 1.19 bits per heavy atom. The van der Waals surface area contributed by atoms with E-state index in [9.17, 15) is 9.59 Å². The maximum atomic E-state index is 14.2. The van der Waals surface area contributed by atoms with Crippen LogP contribution in [0.25, 0.3) is 34.0 Å². The van der Waals surface area contributed by atoms with Gasteiger partial charge in [0.1, 0.15) is 0 Å².